The van der Waals surface area contributed by atoms with Gasteiger partial charge in [-0.2, -0.15) is 0 Å². The van der Waals surface area contributed by atoms with Crippen molar-refractivity contribution in [1.29, 1.82) is 0 Å². The quantitative estimate of drug-likeness (QED) is 0.313. The van der Waals surface area contributed by atoms with Gasteiger partial charge in [0.05, 0.1) is 21.9 Å². The lowest BCUT2D eigenvalue weighted by Gasteiger charge is -2.00. The van der Waals surface area contributed by atoms with Crippen molar-refractivity contribution in [1.82, 2.24) is 0 Å². The molecule has 20 heavy (non-hydrogen) atoms. The normalized spacial score (nSPS) is 11.1. The maximum atomic E-state index is 11.9. The van der Waals surface area contributed by atoms with Crippen LogP contribution in [0.5, 0.6) is 0 Å². The number of alkyl halides is 1. The van der Waals surface area contributed by atoms with Crippen molar-refractivity contribution in [3.05, 3.63) is 52.1 Å². The molecule has 0 unspecified atom stereocenters. The van der Waals surface area contributed by atoms with Crippen LogP contribution in [0.3, 0.4) is 0 Å². The van der Waals surface area contributed by atoms with Crippen molar-refractivity contribution in [2.45, 2.75) is 0 Å². The van der Waals surface area contributed by atoms with Crippen molar-refractivity contribution in [3.63, 3.8) is 0 Å². The first-order chi connectivity index (χ1) is 9.61. The van der Waals surface area contributed by atoms with Crippen LogP contribution >= 0.6 is 15.9 Å². The summed E-state index contributed by atoms with van der Waals surface area (Å²) < 4.78 is 5.58. The molecule has 0 spiro atoms. The molecule has 0 radical (unpaired) electrons. The summed E-state index contributed by atoms with van der Waals surface area (Å²) in [6.07, 6.45) is 0. The van der Waals surface area contributed by atoms with Crippen LogP contribution in [0.1, 0.15) is 10.4 Å². The molecule has 0 atom stereocenters. The summed E-state index contributed by atoms with van der Waals surface area (Å²) in [5.41, 5.74) is 0.899. The van der Waals surface area contributed by atoms with Gasteiger partial charge < -0.3 is 4.42 Å². The van der Waals surface area contributed by atoms with Gasteiger partial charge in [-0.05, 0) is 12.1 Å². The highest BCUT2D eigenvalue weighted by atomic mass is 79.9. The Hall–Kier alpha value is -2.21. The Kier molecular flexibility index (Phi) is 3.02. The summed E-state index contributed by atoms with van der Waals surface area (Å²) >= 11 is 3.04. The van der Waals surface area contributed by atoms with Gasteiger partial charge in [-0.25, -0.2) is 0 Å². The van der Waals surface area contributed by atoms with Crippen LogP contribution in [0.2, 0.25) is 0 Å². The first kappa shape index (κ1) is 12.8. The molecule has 3 rings (SSSR count). The molecule has 3 aromatic rings. The minimum absolute atomic E-state index is 0.0368. The van der Waals surface area contributed by atoms with Crippen molar-refractivity contribution in [3.8, 4) is 0 Å². The number of ketones is 1. The molecule has 1 aromatic heterocycles. The molecule has 0 aliphatic rings. The van der Waals surface area contributed by atoms with Crippen LogP contribution in [0.15, 0.2) is 40.8 Å². The van der Waals surface area contributed by atoms with E-state index in [0.29, 0.717) is 16.6 Å². The zero-order chi connectivity index (χ0) is 14.3. The number of rotatable bonds is 3. The van der Waals surface area contributed by atoms with E-state index in [1.165, 1.54) is 12.1 Å². The predicted octanol–water partition coefficient (Wildman–Crippen LogP) is 4.07. The van der Waals surface area contributed by atoms with Crippen molar-refractivity contribution in [2.24, 2.45) is 0 Å². The van der Waals surface area contributed by atoms with Gasteiger partial charge in [-0.3, -0.25) is 14.9 Å². The van der Waals surface area contributed by atoms with Crippen molar-refractivity contribution >= 4 is 49.3 Å². The molecule has 2 aromatic carbocycles. The molecular formula is C14H8BrNO4. The molecule has 0 saturated heterocycles. The SMILES string of the molecule is O=C(CBr)c1cc2c(cc1[N+](=O)[O-])oc1ccccc12. The second-order valence-corrected chi connectivity index (χ2v) is 4.84. The Bertz CT molecular complexity index is 853. The van der Waals surface area contributed by atoms with Crippen LogP contribution in [-0.2, 0) is 0 Å². The predicted molar refractivity (Wildman–Crippen MR) is 78.5 cm³/mol. The first-order valence-corrected chi connectivity index (χ1v) is 6.93. The molecule has 5 nitrogen and oxygen atoms in total. The summed E-state index contributed by atoms with van der Waals surface area (Å²) in [5.74, 6) is -0.330. The highest BCUT2D eigenvalue weighted by molar-refractivity contribution is 9.09. The van der Waals surface area contributed by atoms with Crippen molar-refractivity contribution in [2.75, 3.05) is 5.33 Å². The average Bonchev–Trinajstić information content (AvgIpc) is 2.82. The summed E-state index contributed by atoms with van der Waals surface area (Å²) in [6.45, 7) is 0. The van der Waals surface area contributed by atoms with E-state index in [1.807, 2.05) is 18.2 Å². The summed E-state index contributed by atoms with van der Waals surface area (Å²) in [4.78, 5) is 22.4. The van der Waals surface area contributed by atoms with E-state index in [2.05, 4.69) is 15.9 Å². The zero-order valence-electron chi connectivity index (χ0n) is 10.1. The van der Waals surface area contributed by atoms with Crippen LogP contribution < -0.4 is 0 Å². The molecule has 0 N–H and O–H groups in total. The van der Waals surface area contributed by atoms with Gasteiger partial charge in [0.15, 0.2) is 5.78 Å². The van der Waals surface area contributed by atoms with Crippen LogP contribution in [0.25, 0.3) is 21.9 Å². The number of carbonyl (C=O) groups excluding carboxylic acids is 1. The number of nitrogens with zero attached hydrogens (tertiary/aromatic N) is 1. The fourth-order valence-corrected chi connectivity index (χ4v) is 2.51. The molecule has 0 fully saturated rings. The maximum absolute atomic E-state index is 11.9. The number of benzene rings is 2. The topological polar surface area (TPSA) is 73.3 Å². The number of para-hydroxylation sites is 1. The lowest BCUT2D eigenvalue weighted by atomic mass is 10.0. The highest BCUT2D eigenvalue weighted by Gasteiger charge is 2.22. The molecule has 0 saturated carbocycles. The second-order valence-electron chi connectivity index (χ2n) is 4.28. The number of Topliss-reactive ketones (excluding diaryl/α,β-unsaturated/α-hetero) is 1. The van der Waals surface area contributed by atoms with Crippen molar-refractivity contribution < 1.29 is 14.1 Å². The van der Waals surface area contributed by atoms with E-state index >= 15 is 0 Å². The second kappa shape index (κ2) is 4.72. The number of nitro benzene ring substituents is 1. The number of hydrogen-bond acceptors (Lipinski definition) is 4. The van der Waals surface area contributed by atoms with E-state index in [9.17, 15) is 14.9 Å². The maximum Gasteiger partial charge on any atom is 0.283 e. The van der Waals surface area contributed by atoms with Crippen LogP contribution in [0.4, 0.5) is 5.69 Å². The number of halogens is 1. The van der Waals surface area contributed by atoms with E-state index < -0.39 is 4.92 Å². The number of carbonyl (C=O) groups is 1. The summed E-state index contributed by atoms with van der Waals surface area (Å²) in [7, 11) is 0. The molecule has 1 heterocycles. The standard InChI is InChI=1S/C14H8BrNO4/c15-7-12(17)10-5-9-8-3-1-2-4-13(8)20-14(9)6-11(10)16(18)19/h1-6H,7H2. The van der Waals surface area contributed by atoms with Gasteiger partial charge in [0, 0.05) is 10.8 Å². The lowest BCUT2D eigenvalue weighted by molar-refractivity contribution is -0.385. The molecule has 6 heteroatoms. The Labute approximate surface area is 121 Å². The van der Waals surface area contributed by atoms with Gasteiger partial charge in [-0.15, -0.1) is 0 Å². The minimum atomic E-state index is -0.567. The zero-order valence-corrected chi connectivity index (χ0v) is 11.7. The van der Waals surface area contributed by atoms with Crippen LogP contribution in [-0.4, -0.2) is 16.0 Å². The molecule has 0 amide bonds. The first-order valence-electron chi connectivity index (χ1n) is 5.80. The monoisotopic (exact) mass is 333 g/mol. The van der Waals surface area contributed by atoms with Gasteiger partial charge >= 0.3 is 0 Å². The lowest BCUT2D eigenvalue weighted by Crippen LogP contribution is -2.04. The molecule has 0 aliphatic carbocycles. The number of nitro groups is 1. The molecule has 0 aliphatic heterocycles. The van der Waals surface area contributed by atoms with Crippen LogP contribution in [0, 0.1) is 10.1 Å². The van der Waals surface area contributed by atoms with E-state index in [-0.39, 0.29) is 22.4 Å². The number of furan rings is 1. The fourth-order valence-electron chi connectivity index (χ4n) is 2.21. The molecule has 0 bridgehead atoms. The largest absolute Gasteiger partial charge is 0.456 e. The van der Waals surface area contributed by atoms with E-state index in [4.69, 9.17) is 4.42 Å². The number of hydrogen-bond donors (Lipinski definition) is 0. The minimum Gasteiger partial charge on any atom is -0.456 e. The average molecular weight is 334 g/mol. The molecular weight excluding hydrogens is 326 g/mol. The van der Waals surface area contributed by atoms with E-state index in [1.54, 1.807) is 6.07 Å². The Morgan fingerprint density at radius 3 is 2.65 bits per heavy atom. The fraction of sp³-hybridized carbons (Fsp3) is 0.0714. The highest BCUT2D eigenvalue weighted by Crippen LogP contribution is 2.33. The smallest absolute Gasteiger partial charge is 0.283 e. The van der Waals surface area contributed by atoms with E-state index in [0.717, 1.165) is 5.39 Å². The Morgan fingerprint density at radius 2 is 1.95 bits per heavy atom. The summed E-state index contributed by atoms with van der Waals surface area (Å²) in [5, 5.41) is 12.7. The Morgan fingerprint density at radius 1 is 1.20 bits per heavy atom. The van der Waals surface area contributed by atoms with Gasteiger partial charge in [-0.1, -0.05) is 34.1 Å². The summed E-state index contributed by atoms with van der Waals surface area (Å²) in [6, 6.07) is 10.2. The number of fused-ring (bicyclic) bond motifs is 3. The third-order valence-corrected chi connectivity index (χ3v) is 3.62. The molecule has 100 valence electrons. The van der Waals surface area contributed by atoms with Gasteiger partial charge in [0.1, 0.15) is 11.2 Å². The van der Waals surface area contributed by atoms with Gasteiger partial charge in [0.2, 0.25) is 0 Å². The third kappa shape index (κ3) is 1.89. The third-order valence-electron chi connectivity index (χ3n) is 3.11. The van der Waals surface area contributed by atoms with Gasteiger partial charge in [0.25, 0.3) is 5.69 Å². The Balaban J connectivity index is 2.41.